The van der Waals surface area contributed by atoms with Gasteiger partial charge in [0.15, 0.2) is 0 Å². The molecule has 0 unspecified atom stereocenters. The summed E-state index contributed by atoms with van der Waals surface area (Å²) in [6, 6.07) is 7.93. The average Bonchev–Trinajstić information content (AvgIpc) is 2.96. The van der Waals surface area contributed by atoms with Gasteiger partial charge in [0.05, 0.1) is 11.9 Å². The number of hydrogen-bond acceptors (Lipinski definition) is 4. The second-order valence-electron chi connectivity index (χ2n) is 4.10. The van der Waals surface area contributed by atoms with E-state index in [1.165, 1.54) is 0 Å². The Kier molecular flexibility index (Phi) is 5.95. The van der Waals surface area contributed by atoms with Gasteiger partial charge >= 0.3 is 5.97 Å². The van der Waals surface area contributed by atoms with Gasteiger partial charge in [-0.25, -0.2) is 0 Å². The number of nitrogens with zero attached hydrogens (tertiary/aromatic N) is 1. The van der Waals surface area contributed by atoms with E-state index in [0.717, 1.165) is 14.9 Å². The smallest absolute Gasteiger partial charge is 0.306 e. The van der Waals surface area contributed by atoms with Crippen molar-refractivity contribution in [1.29, 1.82) is 0 Å². The Balaban J connectivity index is 1.67. The van der Waals surface area contributed by atoms with E-state index in [0.29, 0.717) is 19.4 Å². The number of hydrogen-bond donors (Lipinski definition) is 0. The Morgan fingerprint density at radius 1 is 1.35 bits per heavy atom. The van der Waals surface area contributed by atoms with Crippen molar-refractivity contribution < 1.29 is 9.53 Å². The van der Waals surface area contributed by atoms with Crippen LogP contribution in [0.15, 0.2) is 46.5 Å². The third kappa shape index (κ3) is 5.27. The molecule has 0 bridgehead atoms. The number of aromatic nitrogens is 1. The van der Waals surface area contributed by atoms with E-state index in [1.54, 1.807) is 23.0 Å². The van der Waals surface area contributed by atoms with Gasteiger partial charge < -0.3 is 4.74 Å². The summed E-state index contributed by atoms with van der Waals surface area (Å²) >= 11 is 4.94. The van der Waals surface area contributed by atoms with Gasteiger partial charge in [0.1, 0.15) is 6.61 Å². The van der Waals surface area contributed by atoms with E-state index in [1.807, 2.05) is 36.4 Å². The molecule has 0 saturated heterocycles. The van der Waals surface area contributed by atoms with E-state index >= 15 is 0 Å². The Morgan fingerprint density at radius 2 is 2.15 bits per heavy atom. The van der Waals surface area contributed by atoms with Crippen LogP contribution in [0, 0.1) is 0 Å². The van der Waals surface area contributed by atoms with Gasteiger partial charge in [-0.1, -0.05) is 34.1 Å². The summed E-state index contributed by atoms with van der Waals surface area (Å²) < 4.78 is 6.18. The molecule has 0 aliphatic heterocycles. The first-order valence-corrected chi connectivity index (χ1v) is 7.86. The number of ether oxygens (including phenoxy) is 1. The highest BCUT2D eigenvalue weighted by Crippen LogP contribution is 2.11. The van der Waals surface area contributed by atoms with E-state index in [9.17, 15) is 4.79 Å². The van der Waals surface area contributed by atoms with Gasteiger partial charge in [-0.2, -0.15) is 0 Å². The normalized spacial score (nSPS) is 10.8. The monoisotopic (exact) mass is 351 g/mol. The number of benzene rings is 1. The predicted octanol–water partition coefficient (Wildman–Crippen LogP) is 4.09. The molecule has 0 fully saturated rings. The van der Waals surface area contributed by atoms with Gasteiger partial charge in [-0.05, 0) is 30.2 Å². The molecule has 104 valence electrons. The SMILES string of the molecule is O=C(CCc1cncs1)OC/C=C/c1ccc(Br)cc1. The third-order valence-corrected chi connectivity index (χ3v) is 3.95. The minimum atomic E-state index is -0.182. The first kappa shape index (κ1) is 14.9. The number of aryl methyl sites for hydroxylation is 1. The second-order valence-corrected chi connectivity index (χ2v) is 5.99. The number of esters is 1. The molecule has 1 aromatic carbocycles. The van der Waals surface area contributed by atoms with Crippen LogP contribution in [0.3, 0.4) is 0 Å². The van der Waals surface area contributed by atoms with Crippen LogP contribution in [-0.4, -0.2) is 17.6 Å². The van der Waals surface area contributed by atoms with E-state index in [4.69, 9.17) is 4.74 Å². The van der Waals surface area contributed by atoms with Gasteiger partial charge in [-0.3, -0.25) is 9.78 Å². The van der Waals surface area contributed by atoms with Crippen molar-refractivity contribution in [2.75, 3.05) is 6.61 Å². The van der Waals surface area contributed by atoms with Crippen LogP contribution in [-0.2, 0) is 16.0 Å². The fourth-order valence-electron chi connectivity index (χ4n) is 1.56. The number of carbonyl (C=O) groups is 1. The summed E-state index contributed by atoms with van der Waals surface area (Å²) in [5, 5.41) is 0. The largest absolute Gasteiger partial charge is 0.461 e. The lowest BCUT2D eigenvalue weighted by Crippen LogP contribution is -2.05. The molecule has 0 amide bonds. The summed E-state index contributed by atoms with van der Waals surface area (Å²) in [4.78, 5) is 16.6. The third-order valence-electron chi connectivity index (χ3n) is 2.58. The average molecular weight is 352 g/mol. The van der Waals surface area contributed by atoms with Crippen LogP contribution in [0.1, 0.15) is 16.9 Å². The Hall–Kier alpha value is -1.46. The molecule has 0 saturated carbocycles. The summed E-state index contributed by atoms with van der Waals surface area (Å²) in [5.41, 5.74) is 2.84. The van der Waals surface area contributed by atoms with Crippen LogP contribution in [0.4, 0.5) is 0 Å². The molecule has 5 heteroatoms. The standard InChI is InChI=1S/C15H14BrNO2S/c16-13-5-3-12(4-6-13)2-1-9-19-15(18)8-7-14-10-17-11-20-14/h1-6,10-11H,7-9H2/b2-1+. The summed E-state index contributed by atoms with van der Waals surface area (Å²) in [6.45, 7) is 0.303. The molecule has 0 aliphatic carbocycles. The maximum absolute atomic E-state index is 11.5. The molecule has 0 spiro atoms. The number of rotatable bonds is 6. The molecule has 0 aliphatic rings. The molecule has 20 heavy (non-hydrogen) atoms. The van der Waals surface area contributed by atoms with Crippen molar-refractivity contribution in [3.05, 3.63) is 57.0 Å². The molecule has 3 nitrogen and oxygen atoms in total. The number of carbonyl (C=O) groups excluding carboxylic acids is 1. The molecule has 1 heterocycles. The lowest BCUT2D eigenvalue weighted by molar-refractivity contribution is -0.142. The van der Waals surface area contributed by atoms with E-state index in [2.05, 4.69) is 20.9 Å². The molecular weight excluding hydrogens is 338 g/mol. The Labute approximate surface area is 130 Å². The second kappa shape index (κ2) is 7.97. The minimum Gasteiger partial charge on any atom is -0.461 e. The topological polar surface area (TPSA) is 39.2 Å². The molecular formula is C15H14BrNO2S. The number of thiazole rings is 1. The van der Waals surface area contributed by atoms with Gasteiger partial charge in [0.25, 0.3) is 0 Å². The van der Waals surface area contributed by atoms with E-state index in [-0.39, 0.29) is 5.97 Å². The highest BCUT2D eigenvalue weighted by atomic mass is 79.9. The van der Waals surface area contributed by atoms with Gasteiger partial charge in [-0.15, -0.1) is 11.3 Å². The zero-order valence-corrected chi connectivity index (χ0v) is 13.2. The summed E-state index contributed by atoms with van der Waals surface area (Å²) in [5.74, 6) is -0.182. The first-order chi connectivity index (χ1) is 9.74. The first-order valence-electron chi connectivity index (χ1n) is 6.19. The lowest BCUT2D eigenvalue weighted by atomic mass is 10.2. The number of halogens is 1. The molecule has 1 aromatic heterocycles. The highest BCUT2D eigenvalue weighted by molar-refractivity contribution is 9.10. The summed E-state index contributed by atoms with van der Waals surface area (Å²) in [7, 11) is 0. The van der Waals surface area contributed by atoms with Gasteiger partial charge in [0.2, 0.25) is 0 Å². The van der Waals surface area contributed by atoms with Crippen molar-refractivity contribution in [2.45, 2.75) is 12.8 Å². The highest BCUT2D eigenvalue weighted by Gasteiger charge is 2.03. The summed E-state index contributed by atoms with van der Waals surface area (Å²) in [6.07, 6.45) is 6.65. The zero-order valence-electron chi connectivity index (χ0n) is 10.8. The predicted molar refractivity (Wildman–Crippen MR) is 84.6 cm³/mol. The van der Waals surface area contributed by atoms with Crippen molar-refractivity contribution in [1.82, 2.24) is 4.98 Å². The molecule has 0 N–H and O–H groups in total. The van der Waals surface area contributed by atoms with Gasteiger partial charge in [0, 0.05) is 15.5 Å². The zero-order chi connectivity index (χ0) is 14.2. The molecule has 2 aromatic rings. The van der Waals surface area contributed by atoms with Crippen molar-refractivity contribution in [3.8, 4) is 0 Å². The fraction of sp³-hybridized carbons (Fsp3) is 0.200. The maximum atomic E-state index is 11.5. The van der Waals surface area contributed by atoms with E-state index < -0.39 is 0 Å². The van der Waals surface area contributed by atoms with Crippen LogP contribution in [0.25, 0.3) is 6.08 Å². The fourth-order valence-corrected chi connectivity index (χ4v) is 2.43. The lowest BCUT2D eigenvalue weighted by Gasteiger charge is -2.00. The molecule has 2 rings (SSSR count). The van der Waals surface area contributed by atoms with Crippen molar-refractivity contribution in [2.24, 2.45) is 0 Å². The Morgan fingerprint density at radius 3 is 2.85 bits per heavy atom. The Bertz CT molecular complexity index is 564. The molecule has 0 atom stereocenters. The minimum absolute atomic E-state index is 0.182. The van der Waals surface area contributed by atoms with Crippen LogP contribution < -0.4 is 0 Å². The maximum Gasteiger partial charge on any atom is 0.306 e. The van der Waals surface area contributed by atoms with Crippen molar-refractivity contribution >= 4 is 39.3 Å². The van der Waals surface area contributed by atoms with Crippen LogP contribution in [0.2, 0.25) is 0 Å². The van der Waals surface area contributed by atoms with Crippen LogP contribution in [0.5, 0.6) is 0 Å². The molecule has 0 radical (unpaired) electrons. The quantitative estimate of drug-likeness (QED) is 0.735. The van der Waals surface area contributed by atoms with Crippen LogP contribution >= 0.6 is 27.3 Å². The van der Waals surface area contributed by atoms with Crippen molar-refractivity contribution in [3.63, 3.8) is 0 Å².